The number of nitrogens with one attached hydrogen (secondary N) is 2. The smallest absolute Gasteiger partial charge is 0.262 e. The van der Waals surface area contributed by atoms with Crippen molar-refractivity contribution >= 4 is 28.9 Å². The third kappa shape index (κ3) is 2.56. The first-order valence-corrected chi connectivity index (χ1v) is 6.96. The number of rotatable bonds is 2. The number of nitrogens with zero attached hydrogens (tertiary/aromatic N) is 1. The van der Waals surface area contributed by atoms with Gasteiger partial charge in [-0.2, -0.15) is 0 Å². The van der Waals surface area contributed by atoms with Crippen LogP contribution in [-0.2, 0) is 0 Å². The standard InChI is InChI=1S/C16H15N3S/c1-12-7-9-14(10-8-12)19-11-17-15(18-16(19)20)13-5-3-2-4-6-13/h2-10H,11H2,1H3,(H,17,18,20)/p+1. The highest BCUT2D eigenvalue weighted by Crippen LogP contribution is 2.14. The number of aryl methyl sites for hydroxylation is 1. The van der Waals surface area contributed by atoms with Crippen molar-refractivity contribution in [3.8, 4) is 0 Å². The zero-order chi connectivity index (χ0) is 13.9. The molecule has 0 atom stereocenters. The average Bonchev–Trinajstić information content (AvgIpc) is 2.49. The summed E-state index contributed by atoms with van der Waals surface area (Å²) in [5.41, 5.74) is 3.44. The molecule has 1 aliphatic rings. The molecule has 3 rings (SSSR count). The van der Waals surface area contributed by atoms with E-state index in [0.29, 0.717) is 11.8 Å². The summed E-state index contributed by atoms with van der Waals surface area (Å²) in [6.07, 6.45) is 0. The third-order valence-corrected chi connectivity index (χ3v) is 3.62. The fraction of sp³-hybridized carbons (Fsp3) is 0.125. The molecule has 1 aliphatic heterocycles. The predicted molar refractivity (Wildman–Crippen MR) is 85.8 cm³/mol. The molecule has 0 saturated carbocycles. The van der Waals surface area contributed by atoms with E-state index in [2.05, 4.69) is 53.6 Å². The summed E-state index contributed by atoms with van der Waals surface area (Å²) in [7, 11) is 0. The summed E-state index contributed by atoms with van der Waals surface area (Å²) >= 11 is 5.47. The van der Waals surface area contributed by atoms with Crippen LogP contribution in [0.25, 0.3) is 0 Å². The molecule has 2 aromatic carbocycles. The molecule has 20 heavy (non-hydrogen) atoms. The van der Waals surface area contributed by atoms with Gasteiger partial charge in [-0.25, -0.2) is 5.32 Å². The quantitative estimate of drug-likeness (QED) is 0.811. The molecule has 2 aromatic rings. The highest BCUT2D eigenvalue weighted by atomic mass is 32.1. The molecule has 3 nitrogen and oxygen atoms in total. The van der Waals surface area contributed by atoms with Crippen LogP contribution >= 0.6 is 12.2 Å². The van der Waals surface area contributed by atoms with Gasteiger partial charge in [0.1, 0.15) is 0 Å². The van der Waals surface area contributed by atoms with Gasteiger partial charge in [0.2, 0.25) is 0 Å². The van der Waals surface area contributed by atoms with Crippen LogP contribution in [0.5, 0.6) is 0 Å². The number of hydrogen-bond donors (Lipinski definition) is 2. The van der Waals surface area contributed by atoms with Crippen molar-refractivity contribution in [2.75, 3.05) is 11.6 Å². The molecule has 0 unspecified atom stereocenters. The number of amidine groups is 1. The van der Waals surface area contributed by atoms with Gasteiger partial charge in [0, 0.05) is 5.69 Å². The summed E-state index contributed by atoms with van der Waals surface area (Å²) < 4.78 is 0. The van der Waals surface area contributed by atoms with Crippen LogP contribution in [0.4, 0.5) is 5.69 Å². The van der Waals surface area contributed by atoms with Gasteiger partial charge in [0.05, 0.1) is 5.56 Å². The third-order valence-electron chi connectivity index (χ3n) is 3.30. The minimum absolute atomic E-state index is 0.666. The Morgan fingerprint density at radius 3 is 2.40 bits per heavy atom. The molecule has 0 spiro atoms. The minimum atomic E-state index is 0.666. The summed E-state index contributed by atoms with van der Waals surface area (Å²) in [6, 6.07) is 18.5. The summed E-state index contributed by atoms with van der Waals surface area (Å²) in [5, 5.41) is 3.97. The second kappa shape index (κ2) is 5.43. The number of benzene rings is 2. The molecular formula is C16H16N3S+. The van der Waals surface area contributed by atoms with Crippen molar-refractivity contribution in [2.24, 2.45) is 0 Å². The zero-order valence-corrected chi connectivity index (χ0v) is 12.1. The van der Waals surface area contributed by atoms with Crippen LogP contribution in [0, 0.1) is 6.92 Å². The Morgan fingerprint density at radius 2 is 1.75 bits per heavy atom. The van der Waals surface area contributed by atoms with E-state index in [4.69, 9.17) is 12.2 Å². The lowest BCUT2D eigenvalue weighted by atomic mass is 10.2. The molecular weight excluding hydrogens is 266 g/mol. The molecule has 0 bridgehead atoms. The van der Waals surface area contributed by atoms with Crippen molar-refractivity contribution in [2.45, 2.75) is 6.92 Å². The van der Waals surface area contributed by atoms with E-state index in [1.54, 1.807) is 0 Å². The van der Waals surface area contributed by atoms with Crippen molar-refractivity contribution < 1.29 is 4.99 Å². The first-order valence-electron chi connectivity index (χ1n) is 6.55. The lowest BCUT2D eigenvalue weighted by Crippen LogP contribution is -2.85. The molecule has 0 saturated heterocycles. The van der Waals surface area contributed by atoms with Gasteiger partial charge in [-0.15, -0.1) is 0 Å². The average molecular weight is 282 g/mol. The monoisotopic (exact) mass is 282 g/mol. The van der Waals surface area contributed by atoms with E-state index in [1.807, 2.05) is 23.1 Å². The van der Waals surface area contributed by atoms with E-state index >= 15 is 0 Å². The van der Waals surface area contributed by atoms with Gasteiger partial charge in [-0.3, -0.25) is 9.89 Å². The Bertz CT molecular complexity index is 647. The molecule has 1 heterocycles. The van der Waals surface area contributed by atoms with Crippen LogP contribution in [0.3, 0.4) is 0 Å². The molecule has 0 aliphatic carbocycles. The maximum absolute atomic E-state index is 5.47. The fourth-order valence-electron chi connectivity index (χ4n) is 2.16. The molecule has 0 amide bonds. The van der Waals surface area contributed by atoms with E-state index in [1.165, 1.54) is 5.56 Å². The van der Waals surface area contributed by atoms with Crippen LogP contribution in [0.15, 0.2) is 54.6 Å². The molecule has 0 aromatic heterocycles. The van der Waals surface area contributed by atoms with Crippen LogP contribution in [-0.4, -0.2) is 17.6 Å². The maximum Gasteiger partial charge on any atom is 0.283 e. The van der Waals surface area contributed by atoms with Crippen molar-refractivity contribution in [1.82, 2.24) is 5.32 Å². The number of thiocarbonyl (C=S) groups is 1. The highest BCUT2D eigenvalue weighted by molar-refractivity contribution is 7.80. The normalized spacial score (nSPS) is 14.8. The van der Waals surface area contributed by atoms with E-state index in [9.17, 15) is 0 Å². The van der Waals surface area contributed by atoms with Gasteiger partial charge >= 0.3 is 0 Å². The number of hydrogen-bond acceptors (Lipinski definition) is 1. The van der Waals surface area contributed by atoms with Gasteiger partial charge in [-0.1, -0.05) is 35.9 Å². The van der Waals surface area contributed by atoms with E-state index < -0.39 is 0 Å². The van der Waals surface area contributed by atoms with Crippen LogP contribution < -0.4 is 15.2 Å². The first-order chi connectivity index (χ1) is 9.74. The molecule has 0 fully saturated rings. The Morgan fingerprint density at radius 1 is 1.05 bits per heavy atom. The fourth-order valence-corrected chi connectivity index (χ4v) is 2.43. The lowest BCUT2D eigenvalue weighted by Gasteiger charge is -2.24. The Balaban J connectivity index is 1.84. The van der Waals surface area contributed by atoms with Crippen LogP contribution in [0.2, 0.25) is 0 Å². The molecule has 2 N–H and O–H groups in total. The Hall–Kier alpha value is -2.20. The zero-order valence-electron chi connectivity index (χ0n) is 11.3. The van der Waals surface area contributed by atoms with Gasteiger partial charge in [0.15, 0.2) is 6.67 Å². The molecule has 100 valence electrons. The van der Waals surface area contributed by atoms with Gasteiger partial charge in [-0.05, 0) is 43.4 Å². The van der Waals surface area contributed by atoms with E-state index in [0.717, 1.165) is 17.1 Å². The van der Waals surface area contributed by atoms with E-state index in [-0.39, 0.29) is 0 Å². The van der Waals surface area contributed by atoms with Crippen molar-refractivity contribution in [3.63, 3.8) is 0 Å². The SMILES string of the molecule is Cc1ccc(N2C[NH+]=C(c3ccccc3)NC2=S)cc1. The summed E-state index contributed by atoms with van der Waals surface area (Å²) in [4.78, 5) is 5.42. The van der Waals surface area contributed by atoms with Crippen molar-refractivity contribution in [3.05, 3.63) is 65.7 Å². The van der Waals surface area contributed by atoms with Crippen LogP contribution in [0.1, 0.15) is 11.1 Å². The Labute approximate surface area is 124 Å². The lowest BCUT2D eigenvalue weighted by molar-refractivity contribution is -0.457. The second-order valence-corrected chi connectivity index (χ2v) is 5.16. The molecule has 0 radical (unpaired) electrons. The van der Waals surface area contributed by atoms with Crippen molar-refractivity contribution in [1.29, 1.82) is 0 Å². The Kier molecular flexibility index (Phi) is 3.48. The topological polar surface area (TPSA) is 29.2 Å². The maximum atomic E-state index is 5.47. The first kappa shape index (κ1) is 12.8. The summed E-state index contributed by atoms with van der Waals surface area (Å²) in [6.45, 7) is 2.75. The summed E-state index contributed by atoms with van der Waals surface area (Å²) in [5.74, 6) is 0.957. The van der Waals surface area contributed by atoms with Gasteiger partial charge < -0.3 is 0 Å². The highest BCUT2D eigenvalue weighted by Gasteiger charge is 2.24. The number of anilines is 1. The molecule has 4 heteroatoms. The van der Waals surface area contributed by atoms with Gasteiger partial charge in [0.25, 0.3) is 10.9 Å². The second-order valence-electron chi connectivity index (χ2n) is 4.77. The predicted octanol–water partition coefficient (Wildman–Crippen LogP) is 1.17. The largest absolute Gasteiger partial charge is 0.283 e. The minimum Gasteiger partial charge on any atom is -0.262 e.